The van der Waals surface area contributed by atoms with Crippen LogP contribution >= 0.6 is 0 Å². The Labute approximate surface area is 155 Å². The van der Waals surface area contributed by atoms with Crippen LogP contribution in [-0.2, 0) is 22.8 Å². The number of hydrogen-bond donors (Lipinski definition) is 0. The van der Waals surface area contributed by atoms with E-state index < -0.39 is 9.84 Å². The number of likely N-dealkylation sites (N-methyl/N-ethyl adjacent to an activating group) is 1. The Hall–Kier alpha value is -2.34. The average Bonchev–Trinajstić information content (AvgIpc) is 2.79. The molecule has 6 heteroatoms. The van der Waals surface area contributed by atoms with Crippen LogP contribution in [0.1, 0.15) is 28.4 Å². The van der Waals surface area contributed by atoms with Gasteiger partial charge in [0, 0.05) is 44.2 Å². The van der Waals surface area contributed by atoms with E-state index in [4.69, 9.17) is 0 Å². The first-order valence-corrected chi connectivity index (χ1v) is 10.6. The van der Waals surface area contributed by atoms with Crippen molar-refractivity contribution in [2.75, 3.05) is 31.3 Å². The largest absolute Gasteiger partial charge is 0.373 e. The van der Waals surface area contributed by atoms with Crippen molar-refractivity contribution < 1.29 is 13.2 Å². The first kappa shape index (κ1) is 18.5. The number of carbonyl (C=O) groups excluding carboxylic acids is 1. The molecule has 0 aliphatic carbocycles. The van der Waals surface area contributed by atoms with Gasteiger partial charge >= 0.3 is 0 Å². The highest BCUT2D eigenvalue weighted by Crippen LogP contribution is 2.25. The van der Waals surface area contributed by atoms with Gasteiger partial charge in [-0.15, -0.1) is 0 Å². The number of fused-ring (bicyclic) bond motifs is 1. The third-order valence-electron chi connectivity index (χ3n) is 4.85. The van der Waals surface area contributed by atoms with Crippen molar-refractivity contribution in [2.24, 2.45) is 0 Å². The quantitative estimate of drug-likeness (QED) is 0.831. The lowest BCUT2D eigenvalue weighted by Gasteiger charge is -2.21. The molecule has 0 saturated carbocycles. The minimum atomic E-state index is -3.38. The second-order valence-corrected chi connectivity index (χ2v) is 8.71. The van der Waals surface area contributed by atoms with Gasteiger partial charge in [0.25, 0.3) is 5.91 Å². The van der Waals surface area contributed by atoms with Crippen LogP contribution in [0.5, 0.6) is 0 Å². The Bertz CT molecular complexity index is 938. The van der Waals surface area contributed by atoms with Crippen molar-refractivity contribution in [1.29, 1.82) is 0 Å². The van der Waals surface area contributed by atoms with Crippen LogP contribution in [0.25, 0.3) is 0 Å². The van der Waals surface area contributed by atoms with E-state index in [-0.39, 0.29) is 10.8 Å². The number of amides is 1. The van der Waals surface area contributed by atoms with Gasteiger partial charge in [0.1, 0.15) is 0 Å². The van der Waals surface area contributed by atoms with Gasteiger partial charge in [0.15, 0.2) is 9.84 Å². The van der Waals surface area contributed by atoms with Crippen LogP contribution in [0, 0.1) is 0 Å². The molecule has 2 aromatic rings. The minimum Gasteiger partial charge on any atom is -0.373 e. The SMILES string of the molecule is CCc1ccc(C(=O)N2CCN(C)c3ccccc3C2)cc1S(C)(=O)=O. The van der Waals surface area contributed by atoms with Crippen molar-refractivity contribution in [2.45, 2.75) is 24.8 Å². The Kier molecular flexibility index (Phi) is 5.05. The highest BCUT2D eigenvalue weighted by Gasteiger charge is 2.23. The molecule has 1 aliphatic rings. The van der Waals surface area contributed by atoms with E-state index >= 15 is 0 Å². The molecule has 0 radical (unpaired) electrons. The molecule has 0 atom stereocenters. The number of anilines is 1. The molecule has 26 heavy (non-hydrogen) atoms. The number of rotatable bonds is 3. The fraction of sp³-hybridized carbons (Fsp3) is 0.350. The maximum absolute atomic E-state index is 13.1. The maximum atomic E-state index is 13.1. The Morgan fingerprint density at radius 3 is 2.54 bits per heavy atom. The van der Waals surface area contributed by atoms with Crippen LogP contribution in [-0.4, -0.2) is 45.6 Å². The lowest BCUT2D eigenvalue weighted by molar-refractivity contribution is 0.0751. The van der Waals surface area contributed by atoms with Crippen molar-refractivity contribution in [3.05, 3.63) is 59.2 Å². The number of nitrogens with zero attached hydrogens (tertiary/aromatic N) is 2. The molecule has 5 nitrogen and oxygen atoms in total. The fourth-order valence-corrected chi connectivity index (χ4v) is 4.40. The topological polar surface area (TPSA) is 57.7 Å². The summed E-state index contributed by atoms with van der Waals surface area (Å²) in [6.45, 7) is 3.75. The Balaban J connectivity index is 1.95. The predicted molar refractivity (Wildman–Crippen MR) is 103 cm³/mol. The third kappa shape index (κ3) is 3.60. The van der Waals surface area contributed by atoms with E-state index in [0.717, 1.165) is 23.4 Å². The smallest absolute Gasteiger partial charge is 0.254 e. The van der Waals surface area contributed by atoms with Crippen molar-refractivity contribution >= 4 is 21.4 Å². The molecule has 0 saturated heterocycles. The van der Waals surface area contributed by atoms with Crippen LogP contribution in [0.4, 0.5) is 5.69 Å². The van der Waals surface area contributed by atoms with Gasteiger partial charge in [-0.1, -0.05) is 31.2 Å². The molecular weight excluding hydrogens is 348 g/mol. The van der Waals surface area contributed by atoms with Gasteiger partial charge in [-0.25, -0.2) is 8.42 Å². The van der Waals surface area contributed by atoms with Crippen molar-refractivity contribution in [1.82, 2.24) is 4.90 Å². The molecule has 3 rings (SSSR count). The molecule has 1 amide bonds. The molecule has 0 spiro atoms. The van der Waals surface area contributed by atoms with Crippen LogP contribution in [0.3, 0.4) is 0 Å². The molecule has 1 heterocycles. The summed E-state index contributed by atoms with van der Waals surface area (Å²) in [6, 6.07) is 13.1. The van der Waals surface area contributed by atoms with E-state index in [1.165, 1.54) is 12.3 Å². The Morgan fingerprint density at radius 1 is 1.12 bits per heavy atom. The van der Waals surface area contributed by atoms with Gasteiger partial charge in [0.2, 0.25) is 0 Å². The average molecular weight is 372 g/mol. The van der Waals surface area contributed by atoms with Crippen LogP contribution < -0.4 is 4.90 Å². The van der Waals surface area contributed by atoms with E-state index in [1.54, 1.807) is 17.0 Å². The number of benzene rings is 2. The first-order valence-electron chi connectivity index (χ1n) is 8.72. The number of hydrogen-bond acceptors (Lipinski definition) is 4. The van der Waals surface area contributed by atoms with E-state index in [9.17, 15) is 13.2 Å². The zero-order valence-corrected chi connectivity index (χ0v) is 16.2. The maximum Gasteiger partial charge on any atom is 0.254 e. The normalized spacial score (nSPS) is 14.7. The first-order chi connectivity index (χ1) is 12.3. The van der Waals surface area contributed by atoms with Crippen molar-refractivity contribution in [3.8, 4) is 0 Å². The van der Waals surface area contributed by atoms with E-state index in [2.05, 4.69) is 11.0 Å². The highest BCUT2D eigenvalue weighted by molar-refractivity contribution is 7.90. The standard InChI is InChI=1S/C20H24N2O3S/c1-4-15-9-10-16(13-19(15)26(3,24)25)20(23)22-12-11-21(2)18-8-6-5-7-17(18)14-22/h5-10,13H,4,11-12,14H2,1-3H3. The summed E-state index contributed by atoms with van der Waals surface area (Å²) in [6.07, 6.45) is 1.80. The molecule has 0 unspecified atom stereocenters. The Morgan fingerprint density at radius 2 is 1.85 bits per heavy atom. The predicted octanol–water partition coefficient (Wildman–Crippen LogP) is 2.74. The van der Waals surface area contributed by atoms with Crippen LogP contribution in [0.2, 0.25) is 0 Å². The number of para-hydroxylation sites is 1. The fourth-order valence-electron chi connectivity index (χ4n) is 3.37. The molecule has 1 aliphatic heterocycles. The van der Waals surface area contributed by atoms with Gasteiger partial charge < -0.3 is 9.80 Å². The van der Waals surface area contributed by atoms with Gasteiger partial charge in [-0.2, -0.15) is 0 Å². The number of aryl methyl sites for hydroxylation is 1. The summed E-state index contributed by atoms with van der Waals surface area (Å²) in [4.78, 5) is 17.2. The molecule has 0 bridgehead atoms. The number of sulfone groups is 1. The third-order valence-corrected chi connectivity index (χ3v) is 6.03. The summed E-state index contributed by atoms with van der Waals surface area (Å²) >= 11 is 0. The lowest BCUT2D eigenvalue weighted by atomic mass is 10.1. The zero-order valence-electron chi connectivity index (χ0n) is 15.4. The van der Waals surface area contributed by atoms with Crippen molar-refractivity contribution in [3.63, 3.8) is 0 Å². The zero-order chi connectivity index (χ0) is 18.9. The molecule has 0 fully saturated rings. The van der Waals surface area contributed by atoms with Gasteiger partial charge in [-0.3, -0.25) is 4.79 Å². The van der Waals surface area contributed by atoms with Gasteiger partial charge in [-0.05, 0) is 35.7 Å². The highest BCUT2D eigenvalue weighted by atomic mass is 32.2. The number of carbonyl (C=O) groups is 1. The monoisotopic (exact) mass is 372 g/mol. The van der Waals surface area contributed by atoms with Gasteiger partial charge in [0.05, 0.1) is 4.90 Å². The molecule has 0 N–H and O–H groups in total. The van der Waals surface area contributed by atoms with E-state index in [1.807, 2.05) is 32.2 Å². The molecule has 0 aromatic heterocycles. The molecule has 2 aromatic carbocycles. The summed E-state index contributed by atoms with van der Waals surface area (Å²) in [7, 11) is -1.36. The molecule has 138 valence electrons. The van der Waals surface area contributed by atoms with Crippen LogP contribution in [0.15, 0.2) is 47.4 Å². The second-order valence-electron chi connectivity index (χ2n) is 6.73. The summed E-state index contributed by atoms with van der Waals surface area (Å²) < 4.78 is 24.2. The van der Waals surface area contributed by atoms with E-state index in [0.29, 0.717) is 25.1 Å². The minimum absolute atomic E-state index is 0.136. The molecular formula is C20H24N2O3S. The summed E-state index contributed by atoms with van der Waals surface area (Å²) in [5.74, 6) is -0.136. The summed E-state index contributed by atoms with van der Waals surface area (Å²) in [5, 5.41) is 0. The second kappa shape index (κ2) is 7.11. The lowest BCUT2D eigenvalue weighted by Crippen LogP contribution is -2.34. The summed E-state index contributed by atoms with van der Waals surface area (Å²) in [5.41, 5.74) is 3.38.